The molecule has 106 valence electrons. The number of hydrogen-bond acceptors (Lipinski definition) is 4. The minimum atomic E-state index is -0.621. The fourth-order valence-corrected chi connectivity index (χ4v) is 3.12. The van der Waals surface area contributed by atoms with Crippen LogP contribution >= 0.6 is 15.9 Å². The van der Waals surface area contributed by atoms with Gasteiger partial charge in [-0.1, -0.05) is 0 Å². The molecule has 0 saturated carbocycles. The molecule has 0 unspecified atom stereocenters. The van der Waals surface area contributed by atoms with E-state index in [0.29, 0.717) is 0 Å². The third-order valence-corrected chi connectivity index (χ3v) is 3.93. The highest BCUT2D eigenvalue weighted by atomic mass is 79.9. The van der Waals surface area contributed by atoms with E-state index in [1.165, 1.54) is 5.69 Å². The molecule has 0 aromatic heterocycles. The van der Waals surface area contributed by atoms with Crippen LogP contribution in [0.3, 0.4) is 0 Å². The van der Waals surface area contributed by atoms with Gasteiger partial charge in [-0.05, 0) is 48.0 Å². The molecule has 5 heteroatoms. The fourth-order valence-electron chi connectivity index (χ4n) is 2.47. The Morgan fingerprint density at radius 3 is 2.42 bits per heavy atom. The van der Waals surface area contributed by atoms with Crippen molar-refractivity contribution in [2.45, 2.75) is 19.4 Å². The highest BCUT2D eigenvalue weighted by Crippen LogP contribution is 2.29. The van der Waals surface area contributed by atoms with Crippen LogP contribution in [0.5, 0.6) is 0 Å². The Morgan fingerprint density at radius 1 is 1.26 bits per heavy atom. The first-order chi connectivity index (χ1) is 8.85. The zero-order chi connectivity index (χ0) is 14.0. The molecule has 0 aliphatic carbocycles. The van der Waals surface area contributed by atoms with E-state index in [1.54, 1.807) is 0 Å². The summed E-state index contributed by atoms with van der Waals surface area (Å²) in [5, 5.41) is 9.85. The van der Waals surface area contributed by atoms with Crippen molar-refractivity contribution in [3.63, 3.8) is 0 Å². The Hall–Kier alpha value is -0.780. The number of halogens is 1. The Balaban J connectivity index is 1.96. The van der Waals surface area contributed by atoms with E-state index in [4.69, 9.17) is 5.73 Å². The number of nitrogens with zero attached hydrogens (tertiary/aromatic N) is 2. The van der Waals surface area contributed by atoms with Gasteiger partial charge in [0.15, 0.2) is 0 Å². The van der Waals surface area contributed by atoms with Crippen LogP contribution in [0.15, 0.2) is 22.7 Å². The number of piperazine rings is 1. The topological polar surface area (TPSA) is 52.7 Å². The minimum absolute atomic E-state index is 0.621. The second-order valence-corrected chi connectivity index (χ2v) is 6.64. The normalized spacial score (nSPS) is 17.8. The maximum atomic E-state index is 9.85. The van der Waals surface area contributed by atoms with E-state index in [0.717, 1.165) is 42.9 Å². The number of aliphatic hydroxyl groups is 1. The lowest BCUT2D eigenvalue weighted by Gasteiger charge is -2.38. The van der Waals surface area contributed by atoms with Gasteiger partial charge in [0.1, 0.15) is 0 Å². The van der Waals surface area contributed by atoms with Crippen molar-refractivity contribution in [1.29, 1.82) is 0 Å². The van der Waals surface area contributed by atoms with Gasteiger partial charge >= 0.3 is 0 Å². The first-order valence-electron chi connectivity index (χ1n) is 6.60. The Bertz CT molecular complexity index is 437. The van der Waals surface area contributed by atoms with E-state index < -0.39 is 5.60 Å². The third kappa shape index (κ3) is 4.09. The summed E-state index contributed by atoms with van der Waals surface area (Å²) in [6.07, 6.45) is 0. The quantitative estimate of drug-likeness (QED) is 0.833. The molecule has 1 aliphatic rings. The summed E-state index contributed by atoms with van der Waals surface area (Å²) in [6.45, 7) is 8.33. The van der Waals surface area contributed by atoms with Crippen LogP contribution < -0.4 is 10.6 Å². The van der Waals surface area contributed by atoms with E-state index in [-0.39, 0.29) is 0 Å². The predicted octanol–water partition coefficient (Wildman–Crippen LogP) is 1.92. The van der Waals surface area contributed by atoms with Crippen LogP contribution in [0.1, 0.15) is 13.8 Å². The zero-order valence-electron chi connectivity index (χ0n) is 11.6. The highest BCUT2D eigenvalue weighted by molar-refractivity contribution is 9.10. The molecule has 1 aromatic carbocycles. The molecular formula is C14H22BrN3O. The zero-order valence-corrected chi connectivity index (χ0v) is 13.2. The number of β-amino-alcohol motifs (C(OH)–C–C–N with tert-alkyl or cyclic N) is 1. The maximum Gasteiger partial charge on any atom is 0.0718 e. The van der Waals surface area contributed by atoms with Gasteiger partial charge in [-0.2, -0.15) is 0 Å². The van der Waals surface area contributed by atoms with E-state index in [9.17, 15) is 5.11 Å². The molecule has 1 aliphatic heterocycles. The Kier molecular flexibility index (Phi) is 4.38. The third-order valence-electron chi connectivity index (χ3n) is 3.30. The Morgan fingerprint density at radius 2 is 1.89 bits per heavy atom. The summed E-state index contributed by atoms with van der Waals surface area (Å²) in [5.41, 5.74) is 7.11. The average molecular weight is 328 g/mol. The van der Waals surface area contributed by atoms with Gasteiger partial charge in [-0.15, -0.1) is 0 Å². The minimum Gasteiger partial charge on any atom is -0.399 e. The number of hydrogen-bond donors (Lipinski definition) is 2. The van der Waals surface area contributed by atoms with Crippen molar-refractivity contribution >= 4 is 27.3 Å². The molecule has 0 radical (unpaired) electrons. The van der Waals surface area contributed by atoms with Crippen molar-refractivity contribution in [3.05, 3.63) is 22.7 Å². The summed E-state index contributed by atoms with van der Waals surface area (Å²) in [4.78, 5) is 4.66. The van der Waals surface area contributed by atoms with E-state index >= 15 is 0 Å². The van der Waals surface area contributed by atoms with Crippen LogP contribution in [0.25, 0.3) is 0 Å². The first kappa shape index (κ1) is 14.6. The van der Waals surface area contributed by atoms with Gasteiger partial charge in [0.05, 0.1) is 11.3 Å². The molecule has 4 nitrogen and oxygen atoms in total. The Labute approximate surface area is 123 Å². The molecule has 0 atom stereocenters. The van der Waals surface area contributed by atoms with E-state index in [2.05, 4.69) is 31.8 Å². The van der Waals surface area contributed by atoms with Crippen molar-refractivity contribution in [2.75, 3.05) is 43.4 Å². The van der Waals surface area contributed by atoms with Crippen molar-refractivity contribution in [1.82, 2.24) is 4.90 Å². The van der Waals surface area contributed by atoms with Crippen LogP contribution in [-0.4, -0.2) is 48.3 Å². The standard InChI is InChI=1S/C14H22BrN3O/c1-14(2,19)10-17-5-7-18(8-6-17)13-4-3-11(16)9-12(13)15/h3-4,9,19H,5-8,10,16H2,1-2H3. The fraction of sp³-hybridized carbons (Fsp3) is 0.571. The lowest BCUT2D eigenvalue weighted by atomic mass is 10.1. The molecule has 1 heterocycles. The summed E-state index contributed by atoms with van der Waals surface area (Å²) in [5.74, 6) is 0. The molecule has 1 saturated heterocycles. The smallest absolute Gasteiger partial charge is 0.0718 e. The monoisotopic (exact) mass is 327 g/mol. The second kappa shape index (κ2) is 5.69. The number of benzene rings is 1. The molecule has 1 aromatic rings. The van der Waals surface area contributed by atoms with Gasteiger partial charge in [0.2, 0.25) is 0 Å². The largest absolute Gasteiger partial charge is 0.399 e. The molecular weight excluding hydrogens is 306 g/mol. The van der Waals surface area contributed by atoms with Crippen molar-refractivity contribution in [3.8, 4) is 0 Å². The van der Waals surface area contributed by atoms with Gasteiger partial charge in [-0.3, -0.25) is 4.90 Å². The molecule has 19 heavy (non-hydrogen) atoms. The maximum absolute atomic E-state index is 9.85. The first-order valence-corrected chi connectivity index (χ1v) is 7.39. The number of nitrogen functional groups attached to an aromatic ring is 1. The second-order valence-electron chi connectivity index (χ2n) is 5.79. The number of anilines is 2. The molecule has 0 bridgehead atoms. The number of nitrogens with two attached hydrogens (primary N) is 1. The van der Waals surface area contributed by atoms with Crippen LogP contribution in [-0.2, 0) is 0 Å². The van der Waals surface area contributed by atoms with Gasteiger partial charge in [0.25, 0.3) is 0 Å². The molecule has 0 amide bonds. The van der Waals surface area contributed by atoms with Gasteiger partial charge in [-0.25, -0.2) is 0 Å². The van der Waals surface area contributed by atoms with Crippen molar-refractivity contribution < 1.29 is 5.11 Å². The molecule has 3 N–H and O–H groups in total. The lowest BCUT2D eigenvalue weighted by molar-refractivity contribution is 0.0345. The van der Waals surface area contributed by atoms with E-state index in [1.807, 2.05) is 26.0 Å². The number of rotatable bonds is 3. The average Bonchev–Trinajstić information content (AvgIpc) is 2.28. The van der Waals surface area contributed by atoms with Crippen molar-refractivity contribution in [2.24, 2.45) is 0 Å². The summed E-state index contributed by atoms with van der Waals surface area (Å²) in [6, 6.07) is 5.94. The van der Waals surface area contributed by atoms with Crippen LogP contribution in [0.4, 0.5) is 11.4 Å². The van der Waals surface area contributed by atoms with Gasteiger partial charge in [0, 0.05) is 42.9 Å². The van der Waals surface area contributed by atoms with Crippen LogP contribution in [0.2, 0.25) is 0 Å². The predicted molar refractivity (Wildman–Crippen MR) is 83.5 cm³/mol. The molecule has 1 fully saturated rings. The highest BCUT2D eigenvalue weighted by Gasteiger charge is 2.23. The summed E-state index contributed by atoms with van der Waals surface area (Å²) in [7, 11) is 0. The summed E-state index contributed by atoms with van der Waals surface area (Å²) >= 11 is 3.57. The molecule has 0 spiro atoms. The SMILES string of the molecule is CC(C)(O)CN1CCN(c2ccc(N)cc2Br)CC1. The molecule has 2 rings (SSSR count). The van der Waals surface area contributed by atoms with Crippen LogP contribution in [0, 0.1) is 0 Å². The summed E-state index contributed by atoms with van der Waals surface area (Å²) < 4.78 is 1.04. The van der Waals surface area contributed by atoms with Gasteiger partial charge < -0.3 is 15.7 Å². The lowest BCUT2D eigenvalue weighted by Crippen LogP contribution is -2.50.